The van der Waals surface area contributed by atoms with Crippen LogP contribution in [0.3, 0.4) is 0 Å². The van der Waals surface area contributed by atoms with E-state index in [1.165, 1.54) is 34.0 Å². The summed E-state index contributed by atoms with van der Waals surface area (Å²) < 4.78 is 1.29. The molecular formula is C18H20IN. The number of nitrogens with one attached hydrogen (secondary N) is 1. The predicted molar refractivity (Wildman–Crippen MR) is 93.1 cm³/mol. The largest absolute Gasteiger partial charge is 0.313 e. The first-order valence-corrected chi connectivity index (χ1v) is 8.37. The highest BCUT2D eigenvalue weighted by Crippen LogP contribution is 2.25. The summed E-state index contributed by atoms with van der Waals surface area (Å²) >= 11 is 2.36. The average molecular weight is 377 g/mol. The zero-order chi connectivity index (χ0) is 13.9. The van der Waals surface area contributed by atoms with Crippen LogP contribution in [0.4, 0.5) is 0 Å². The molecule has 1 aliphatic rings. The van der Waals surface area contributed by atoms with Crippen molar-refractivity contribution in [1.29, 1.82) is 0 Å². The number of fused-ring (bicyclic) bond motifs is 1. The molecule has 0 radical (unpaired) electrons. The van der Waals surface area contributed by atoms with Crippen LogP contribution in [0, 0.1) is 3.57 Å². The fourth-order valence-corrected chi connectivity index (χ4v) is 3.43. The van der Waals surface area contributed by atoms with E-state index in [1.54, 1.807) is 11.1 Å². The Bertz CT molecular complexity index is 589. The van der Waals surface area contributed by atoms with Crippen molar-refractivity contribution < 1.29 is 0 Å². The monoisotopic (exact) mass is 377 g/mol. The maximum absolute atomic E-state index is 3.45. The van der Waals surface area contributed by atoms with Gasteiger partial charge in [-0.15, -0.1) is 0 Å². The molecule has 0 aromatic heterocycles. The fourth-order valence-electron chi connectivity index (χ4n) is 3.07. The zero-order valence-electron chi connectivity index (χ0n) is 11.8. The number of benzene rings is 2. The van der Waals surface area contributed by atoms with E-state index in [1.807, 2.05) is 0 Å². The highest BCUT2D eigenvalue weighted by molar-refractivity contribution is 14.1. The highest BCUT2D eigenvalue weighted by atomic mass is 127. The van der Waals surface area contributed by atoms with Crippen molar-refractivity contribution in [2.75, 3.05) is 7.05 Å². The van der Waals surface area contributed by atoms with Crippen LogP contribution in [-0.4, -0.2) is 7.05 Å². The molecule has 0 amide bonds. The summed E-state index contributed by atoms with van der Waals surface area (Å²) in [6.45, 7) is 0. The van der Waals surface area contributed by atoms with Crippen LogP contribution in [0.5, 0.6) is 0 Å². The van der Waals surface area contributed by atoms with Crippen LogP contribution < -0.4 is 5.32 Å². The number of hydrogen-bond donors (Lipinski definition) is 1. The molecule has 2 aromatic rings. The van der Waals surface area contributed by atoms with E-state index in [0.29, 0.717) is 6.04 Å². The van der Waals surface area contributed by atoms with Gasteiger partial charge in [0.2, 0.25) is 0 Å². The third kappa shape index (κ3) is 3.07. The molecule has 0 saturated carbocycles. The Morgan fingerprint density at radius 1 is 1.05 bits per heavy atom. The molecule has 1 N–H and O–H groups in total. The van der Waals surface area contributed by atoms with E-state index in [9.17, 15) is 0 Å². The van der Waals surface area contributed by atoms with E-state index in [4.69, 9.17) is 0 Å². The first-order valence-electron chi connectivity index (χ1n) is 7.29. The van der Waals surface area contributed by atoms with Crippen LogP contribution in [0.2, 0.25) is 0 Å². The lowest BCUT2D eigenvalue weighted by Crippen LogP contribution is -2.18. The summed E-state index contributed by atoms with van der Waals surface area (Å²) in [5.41, 5.74) is 5.95. The number of likely N-dealkylation sites (N-methyl/N-ethyl adjacent to an activating group) is 1. The standard InChI is InChI=1S/C18H20IN/c1-20-18(15-7-9-17(19)10-8-15)12-13-5-6-14-3-2-4-16(14)11-13/h5-11,18,20H,2-4,12H2,1H3. The minimum Gasteiger partial charge on any atom is -0.313 e. The first kappa shape index (κ1) is 14.1. The molecule has 104 valence electrons. The Balaban J connectivity index is 1.79. The molecule has 1 unspecified atom stereocenters. The van der Waals surface area contributed by atoms with Crippen molar-refractivity contribution in [3.05, 3.63) is 68.3 Å². The molecule has 0 fully saturated rings. The molecule has 0 bridgehead atoms. The smallest absolute Gasteiger partial charge is 0.0358 e. The topological polar surface area (TPSA) is 12.0 Å². The summed E-state index contributed by atoms with van der Waals surface area (Å²) in [5.74, 6) is 0. The van der Waals surface area contributed by atoms with Gasteiger partial charge < -0.3 is 5.32 Å². The SMILES string of the molecule is CNC(Cc1ccc2c(c1)CCC2)c1ccc(I)cc1. The van der Waals surface area contributed by atoms with Gasteiger partial charge in [-0.1, -0.05) is 30.3 Å². The van der Waals surface area contributed by atoms with Crippen LogP contribution in [0.15, 0.2) is 42.5 Å². The molecule has 0 aliphatic heterocycles. The van der Waals surface area contributed by atoms with Gasteiger partial charge in [0, 0.05) is 9.61 Å². The van der Waals surface area contributed by atoms with Gasteiger partial charge in [0.15, 0.2) is 0 Å². The third-order valence-electron chi connectivity index (χ3n) is 4.22. The van der Waals surface area contributed by atoms with E-state index < -0.39 is 0 Å². The molecule has 2 heteroatoms. The summed E-state index contributed by atoms with van der Waals surface area (Å²) in [6.07, 6.45) is 4.91. The van der Waals surface area contributed by atoms with Gasteiger partial charge >= 0.3 is 0 Å². The molecule has 0 heterocycles. The predicted octanol–water partition coefficient (Wildman–Crippen LogP) is 4.28. The van der Waals surface area contributed by atoms with Crippen LogP contribution >= 0.6 is 22.6 Å². The molecule has 1 atom stereocenters. The second-order valence-corrected chi connectivity index (χ2v) is 6.80. The second kappa shape index (κ2) is 6.27. The number of hydrogen-bond acceptors (Lipinski definition) is 1. The van der Waals surface area contributed by atoms with Gasteiger partial charge in [-0.2, -0.15) is 0 Å². The molecule has 0 saturated heterocycles. The number of rotatable bonds is 4. The Hall–Kier alpha value is -0.870. The van der Waals surface area contributed by atoms with Gasteiger partial charge in [0.05, 0.1) is 0 Å². The van der Waals surface area contributed by atoms with Crippen molar-refractivity contribution in [1.82, 2.24) is 5.32 Å². The van der Waals surface area contributed by atoms with Crippen molar-refractivity contribution in [3.63, 3.8) is 0 Å². The Morgan fingerprint density at radius 3 is 2.55 bits per heavy atom. The van der Waals surface area contributed by atoms with E-state index in [2.05, 4.69) is 77.4 Å². The van der Waals surface area contributed by atoms with Gasteiger partial charge in [0.1, 0.15) is 0 Å². The molecule has 3 rings (SSSR count). The third-order valence-corrected chi connectivity index (χ3v) is 4.94. The minimum atomic E-state index is 0.395. The quantitative estimate of drug-likeness (QED) is 0.785. The molecule has 1 aliphatic carbocycles. The Kier molecular flexibility index (Phi) is 4.41. The van der Waals surface area contributed by atoms with Crippen molar-refractivity contribution in [3.8, 4) is 0 Å². The van der Waals surface area contributed by atoms with Crippen LogP contribution in [0.1, 0.15) is 34.7 Å². The molecule has 0 spiro atoms. The van der Waals surface area contributed by atoms with E-state index in [-0.39, 0.29) is 0 Å². The van der Waals surface area contributed by atoms with Gasteiger partial charge in [0.25, 0.3) is 0 Å². The van der Waals surface area contributed by atoms with E-state index >= 15 is 0 Å². The lowest BCUT2D eigenvalue weighted by atomic mass is 9.97. The summed E-state index contributed by atoms with van der Waals surface area (Å²) in [4.78, 5) is 0. The average Bonchev–Trinajstić information content (AvgIpc) is 2.93. The lowest BCUT2D eigenvalue weighted by molar-refractivity contribution is 0.592. The highest BCUT2D eigenvalue weighted by Gasteiger charge is 2.14. The number of aryl methyl sites for hydroxylation is 2. The van der Waals surface area contributed by atoms with E-state index in [0.717, 1.165) is 6.42 Å². The summed E-state index contributed by atoms with van der Waals surface area (Å²) in [7, 11) is 2.05. The summed E-state index contributed by atoms with van der Waals surface area (Å²) in [5, 5.41) is 3.45. The van der Waals surface area contributed by atoms with Crippen molar-refractivity contribution in [2.24, 2.45) is 0 Å². The van der Waals surface area contributed by atoms with Crippen molar-refractivity contribution in [2.45, 2.75) is 31.7 Å². The van der Waals surface area contributed by atoms with Gasteiger partial charge in [-0.3, -0.25) is 0 Å². The first-order chi connectivity index (χ1) is 9.76. The van der Waals surface area contributed by atoms with Crippen LogP contribution in [-0.2, 0) is 19.3 Å². The lowest BCUT2D eigenvalue weighted by Gasteiger charge is -2.17. The maximum atomic E-state index is 3.45. The second-order valence-electron chi connectivity index (χ2n) is 5.55. The zero-order valence-corrected chi connectivity index (χ0v) is 14.0. The molecule has 20 heavy (non-hydrogen) atoms. The minimum absolute atomic E-state index is 0.395. The van der Waals surface area contributed by atoms with Gasteiger partial charge in [-0.05, 0) is 89.7 Å². The van der Waals surface area contributed by atoms with Crippen LogP contribution in [0.25, 0.3) is 0 Å². The van der Waals surface area contributed by atoms with Gasteiger partial charge in [-0.25, -0.2) is 0 Å². The van der Waals surface area contributed by atoms with Crippen molar-refractivity contribution >= 4 is 22.6 Å². The molecular weight excluding hydrogens is 357 g/mol. The summed E-state index contributed by atoms with van der Waals surface area (Å²) in [6, 6.07) is 16.3. The Labute approximate surface area is 134 Å². The molecule has 2 aromatic carbocycles. The maximum Gasteiger partial charge on any atom is 0.0358 e. The molecule has 1 nitrogen and oxygen atoms in total. The fraction of sp³-hybridized carbons (Fsp3) is 0.333. The Morgan fingerprint density at radius 2 is 1.80 bits per heavy atom. The number of halogens is 1. The normalized spacial score (nSPS) is 15.1.